The minimum absolute atomic E-state index is 0.111. The first-order valence-corrected chi connectivity index (χ1v) is 9.61. The van der Waals surface area contributed by atoms with Crippen LogP contribution in [0.3, 0.4) is 0 Å². The maximum absolute atomic E-state index is 13.2. The van der Waals surface area contributed by atoms with Crippen molar-refractivity contribution in [2.75, 3.05) is 11.9 Å². The zero-order valence-corrected chi connectivity index (χ0v) is 15.8. The summed E-state index contributed by atoms with van der Waals surface area (Å²) in [6, 6.07) is 12.0. The number of aryl methyl sites for hydroxylation is 1. The van der Waals surface area contributed by atoms with E-state index in [-0.39, 0.29) is 30.1 Å². The first-order chi connectivity index (χ1) is 13.9. The van der Waals surface area contributed by atoms with Crippen molar-refractivity contribution in [1.82, 2.24) is 10.2 Å². The van der Waals surface area contributed by atoms with Gasteiger partial charge in [-0.3, -0.25) is 19.3 Å². The Kier molecular flexibility index (Phi) is 3.65. The number of nitrogens with one attached hydrogen (secondary N) is 2. The predicted octanol–water partition coefficient (Wildman–Crippen LogP) is 2.32. The van der Waals surface area contributed by atoms with Crippen LogP contribution in [0, 0.1) is 0 Å². The Hall–Kier alpha value is -3.48. The Morgan fingerprint density at radius 1 is 1.17 bits per heavy atom. The predicted molar refractivity (Wildman–Crippen MR) is 105 cm³/mol. The van der Waals surface area contributed by atoms with E-state index in [2.05, 4.69) is 10.6 Å². The van der Waals surface area contributed by atoms with Crippen LogP contribution in [0.2, 0.25) is 0 Å². The molecule has 0 radical (unpaired) electrons. The van der Waals surface area contributed by atoms with Crippen LogP contribution >= 0.6 is 0 Å². The van der Waals surface area contributed by atoms with Crippen molar-refractivity contribution in [3.8, 4) is 0 Å². The molecule has 2 atom stereocenters. The molecule has 7 nitrogen and oxygen atoms in total. The molecule has 7 heteroatoms. The van der Waals surface area contributed by atoms with E-state index in [1.807, 2.05) is 24.3 Å². The fraction of sp³-hybridized carbons (Fsp3) is 0.273. The van der Waals surface area contributed by atoms with Gasteiger partial charge in [0.15, 0.2) is 5.78 Å². The van der Waals surface area contributed by atoms with Crippen LogP contribution in [0.5, 0.6) is 0 Å². The number of nitrogens with zero attached hydrogens (tertiary/aromatic N) is 1. The molecular formula is C22H19N3O4. The second-order valence-corrected chi connectivity index (χ2v) is 7.82. The first-order valence-electron chi connectivity index (χ1n) is 9.61. The van der Waals surface area contributed by atoms with Crippen LogP contribution < -0.4 is 10.6 Å². The molecular weight excluding hydrogens is 370 g/mol. The fourth-order valence-electron chi connectivity index (χ4n) is 4.56. The van der Waals surface area contributed by atoms with Gasteiger partial charge in [-0.1, -0.05) is 24.3 Å². The number of rotatable bonds is 3. The molecule has 0 saturated carbocycles. The summed E-state index contributed by atoms with van der Waals surface area (Å²) >= 11 is 0. The van der Waals surface area contributed by atoms with E-state index in [9.17, 15) is 19.2 Å². The summed E-state index contributed by atoms with van der Waals surface area (Å²) in [4.78, 5) is 51.5. The molecule has 0 bridgehead atoms. The van der Waals surface area contributed by atoms with Crippen molar-refractivity contribution >= 4 is 29.3 Å². The van der Waals surface area contributed by atoms with E-state index in [1.165, 1.54) is 0 Å². The van der Waals surface area contributed by atoms with Gasteiger partial charge in [0.1, 0.15) is 5.54 Å². The van der Waals surface area contributed by atoms with Crippen molar-refractivity contribution in [1.29, 1.82) is 0 Å². The zero-order chi connectivity index (χ0) is 20.3. The van der Waals surface area contributed by atoms with Crippen LogP contribution in [0.1, 0.15) is 46.3 Å². The summed E-state index contributed by atoms with van der Waals surface area (Å²) in [7, 11) is 0. The molecule has 29 heavy (non-hydrogen) atoms. The Bertz CT molecular complexity index is 1110. The molecule has 2 aromatic rings. The number of fused-ring (bicyclic) bond motifs is 3. The Labute approximate surface area is 167 Å². The molecule has 5 rings (SSSR count). The largest absolute Gasteiger partial charge is 0.325 e. The van der Waals surface area contributed by atoms with Crippen LogP contribution in [0.25, 0.3) is 0 Å². The van der Waals surface area contributed by atoms with Crippen molar-refractivity contribution in [2.24, 2.45) is 0 Å². The molecule has 1 aliphatic carbocycles. The summed E-state index contributed by atoms with van der Waals surface area (Å²) in [5.74, 6) is -1.17. The van der Waals surface area contributed by atoms with E-state index in [0.717, 1.165) is 21.6 Å². The molecule has 0 aromatic heterocycles. The number of benzene rings is 2. The number of imide groups is 1. The Balaban J connectivity index is 1.41. The summed E-state index contributed by atoms with van der Waals surface area (Å²) in [5.41, 5.74) is 2.59. The highest BCUT2D eigenvalue weighted by atomic mass is 16.2. The van der Waals surface area contributed by atoms with Gasteiger partial charge in [-0.25, -0.2) is 4.79 Å². The van der Waals surface area contributed by atoms with E-state index in [1.54, 1.807) is 25.1 Å². The smallest absolute Gasteiger partial charge is 0.325 e. The minimum Gasteiger partial charge on any atom is -0.325 e. The maximum Gasteiger partial charge on any atom is 0.325 e. The van der Waals surface area contributed by atoms with E-state index >= 15 is 0 Å². The molecule has 0 unspecified atom stereocenters. The molecule has 1 fully saturated rings. The highest BCUT2D eigenvalue weighted by molar-refractivity contribution is 6.12. The van der Waals surface area contributed by atoms with Gasteiger partial charge in [-0.2, -0.15) is 0 Å². The lowest BCUT2D eigenvalue weighted by molar-refractivity contribution is -0.131. The molecule has 2 heterocycles. The number of hydrogen-bond acceptors (Lipinski definition) is 4. The topological polar surface area (TPSA) is 95.6 Å². The third-order valence-electron chi connectivity index (χ3n) is 6.22. The average Bonchev–Trinajstić information content (AvgIpc) is 3.31. The lowest BCUT2D eigenvalue weighted by Gasteiger charge is -2.22. The first kappa shape index (κ1) is 17.6. The Morgan fingerprint density at radius 3 is 2.79 bits per heavy atom. The monoisotopic (exact) mass is 389 g/mol. The van der Waals surface area contributed by atoms with Crippen molar-refractivity contribution in [2.45, 2.75) is 31.2 Å². The summed E-state index contributed by atoms with van der Waals surface area (Å²) in [5, 5.41) is 5.59. The second kappa shape index (κ2) is 6.01. The van der Waals surface area contributed by atoms with E-state index in [0.29, 0.717) is 24.1 Å². The number of amides is 4. The normalized spacial score (nSPS) is 24.5. The van der Waals surface area contributed by atoms with Crippen molar-refractivity contribution in [3.63, 3.8) is 0 Å². The summed E-state index contributed by atoms with van der Waals surface area (Å²) in [6.07, 6.45) is 1.19. The van der Waals surface area contributed by atoms with Crippen molar-refractivity contribution in [3.05, 3.63) is 64.7 Å². The number of ketones is 1. The molecule has 2 aliphatic heterocycles. The van der Waals surface area contributed by atoms with Gasteiger partial charge in [-0.15, -0.1) is 0 Å². The minimum atomic E-state index is -1.07. The molecule has 1 spiro atoms. The third kappa shape index (κ3) is 2.43. The SMILES string of the molecule is C[C@H]1C(=O)Nc2ccc(C(=O)CN3C(=O)N[C@]4(CCc5ccccc54)C3=O)cc21. The summed E-state index contributed by atoms with van der Waals surface area (Å²) < 4.78 is 0. The van der Waals surface area contributed by atoms with Crippen LogP contribution in [0.15, 0.2) is 42.5 Å². The van der Waals surface area contributed by atoms with Crippen LogP contribution in [-0.4, -0.2) is 35.1 Å². The third-order valence-corrected chi connectivity index (χ3v) is 6.22. The standard InChI is InChI=1S/C22H19N3O4/c1-12-15-10-14(6-7-17(15)23-19(12)27)18(26)11-25-20(28)22(24-21(25)29)9-8-13-4-2-3-5-16(13)22/h2-7,10,12H,8-9,11H2,1H3,(H,23,27)(H,24,29)/t12-,22+/m1/s1. The number of Topliss-reactive ketones (excluding diaryl/α,β-unsaturated/α-hetero) is 1. The molecule has 1 saturated heterocycles. The molecule has 2 N–H and O–H groups in total. The molecule has 4 amide bonds. The van der Waals surface area contributed by atoms with Gasteiger partial charge >= 0.3 is 6.03 Å². The van der Waals surface area contributed by atoms with Crippen LogP contribution in [-0.2, 0) is 21.5 Å². The quantitative estimate of drug-likeness (QED) is 0.622. The number of carbonyl (C=O) groups excluding carboxylic acids is 4. The van der Waals surface area contributed by atoms with Crippen LogP contribution in [0.4, 0.5) is 10.5 Å². The van der Waals surface area contributed by atoms with Gasteiger partial charge in [0, 0.05) is 11.3 Å². The number of urea groups is 1. The van der Waals surface area contributed by atoms with Gasteiger partial charge in [0.2, 0.25) is 5.91 Å². The lowest BCUT2D eigenvalue weighted by atomic mass is 9.91. The van der Waals surface area contributed by atoms with E-state index < -0.39 is 11.6 Å². The number of hydrogen-bond donors (Lipinski definition) is 2. The van der Waals surface area contributed by atoms with Crippen molar-refractivity contribution < 1.29 is 19.2 Å². The molecule has 3 aliphatic rings. The highest BCUT2D eigenvalue weighted by Crippen LogP contribution is 2.41. The number of anilines is 1. The highest BCUT2D eigenvalue weighted by Gasteiger charge is 2.55. The second-order valence-electron chi connectivity index (χ2n) is 7.82. The average molecular weight is 389 g/mol. The lowest BCUT2D eigenvalue weighted by Crippen LogP contribution is -2.42. The Morgan fingerprint density at radius 2 is 1.97 bits per heavy atom. The van der Waals surface area contributed by atoms with Gasteiger partial charge < -0.3 is 10.6 Å². The molecule has 146 valence electrons. The van der Waals surface area contributed by atoms with Gasteiger partial charge in [0.25, 0.3) is 5.91 Å². The molecule has 2 aromatic carbocycles. The number of carbonyl (C=O) groups is 4. The van der Waals surface area contributed by atoms with Gasteiger partial charge in [0.05, 0.1) is 12.5 Å². The van der Waals surface area contributed by atoms with E-state index in [4.69, 9.17) is 0 Å². The summed E-state index contributed by atoms with van der Waals surface area (Å²) in [6.45, 7) is 1.44. The van der Waals surface area contributed by atoms with Gasteiger partial charge in [-0.05, 0) is 54.7 Å². The zero-order valence-electron chi connectivity index (χ0n) is 15.8. The maximum atomic E-state index is 13.2. The fourth-order valence-corrected chi connectivity index (χ4v) is 4.56.